The van der Waals surface area contributed by atoms with E-state index in [1.54, 1.807) is 11.8 Å². The van der Waals surface area contributed by atoms with Gasteiger partial charge in [-0.15, -0.1) is 11.8 Å². The number of imidazole rings is 1. The number of halogens is 1. The summed E-state index contributed by atoms with van der Waals surface area (Å²) in [6, 6.07) is 2.13. The molecule has 2 aromatic heterocycles. The normalized spacial score (nSPS) is 11.2. The first-order valence-electron chi connectivity index (χ1n) is 7.09. The van der Waals surface area contributed by atoms with Crippen molar-refractivity contribution >= 4 is 39.2 Å². The van der Waals surface area contributed by atoms with Gasteiger partial charge in [-0.05, 0) is 53.6 Å². The molecule has 0 aliphatic heterocycles. The Kier molecular flexibility index (Phi) is 5.38. The Morgan fingerprint density at radius 2 is 1.95 bits per heavy atom. The summed E-state index contributed by atoms with van der Waals surface area (Å²) in [4.78, 5) is 7.25. The minimum atomic E-state index is 1.01. The van der Waals surface area contributed by atoms with Gasteiger partial charge >= 0.3 is 0 Å². The number of hydrogen-bond acceptors (Lipinski definition) is 3. The van der Waals surface area contributed by atoms with E-state index >= 15 is 0 Å². The molecule has 0 saturated carbocycles. The van der Waals surface area contributed by atoms with Crippen LogP contribution in [0.3, 0.4) is 0 Å². The maximum atomic E-state index is 4.79. The van der Waals surface area contributed by atoms with E-state index in [1.165, 1.54) is 11.4 Å². The molecule has 0 spiro atoms. The van der Waals surface area contributed by atoms with Crippen LogP contribution in [0.1, 0.15) is 32.3 Å². The third-order valence-electron chi connectivity index (χ3n) is 3.24. The quantitative estimate of drug-likeness (QED) is 0.697. The predicted octanol–water partition coefficient (Wildman–Crippen LogP) is 4.75. The number of aromatic nitrogens is 2. The largest absolute Gasteiger partial charge is 0.355 e. The molecule has 20 heavy (non-hydrogen) atoms. The van der Waals surface area contributed by atoms with Crippen molar-refractivity contribution in [3.05, 3.63) is 22.3 Å². The molecule has 0 aliphatic carbocycles. The fourth-order valence-corrected chi connectivity index (χ4v) is 3.72. The maximum Gasteiger partial charge on any atom is 0.154 e. The second-order valence-corrected chi connectivity index (χ2v) is 6.64. The van der Waals surface area contributed by atoms with Crippen molar-refractivity contribution < 1.29 is 0 Å². The van der Waals surface area contributed by atoms with E-state index in [9.17, 15) is 0 Å². The van der Waals surface area contributed by atoms with Crippen LogP contribution < -0.4 is 4.90 Å². The SMILES string of the molecule is CCCN(CCC)c1c(SC)nc2c(Br)cc(C)cn12. The van der Waals surface area contributed by atoms with Gasteiger partial charge in [-0.2, -0.15) is 0 Å². The first kappa shape index (κ1) is 15.7. The van der Waals surface area contributed by atoms with Gasteiger partial charge in [0.15, 0.2) is 5.65 Å². The lowest BCUT2D eigenvalue weighted by molar-refractivity contribution is 0.723. The second kappa shape index (κ2) is 6.85. The molecule has 3 nitrogen and oxygen atoms in total. The minimum Gasteiger partial charge on any atom is -0.355 e. The third kappa shape index (κ3) is 2.98. The van der Waals surface area contributed by atoms with Crippen molar-refractivity contribution in [2.45, 2.75) is 38.6 Å². The van der Waals surface area contributed by atoms with Crippen LogP contribution in [-0.4, -0.2) is 28.7 Å². The van der Waals surface area contributed by atoms with E-state index in [-0.39, 0.29) is 0 Å². The highest BCUT2D eigenvalue weighted by Gasteiger charge is 2.18. The molecular weight excluding hydrogens is 334 g/mol. The van der Waals surface area contributed by atoms with Gasteiger partial charge in [-0.3, -0.25) is 4.40 Å². The van der Waals surface area contributed by atoms with E-state index in [2.05, 4.69) is 64.5 Å². The zero-order chi connectivity index (χ0) is 14.7. The Hall–Kier alpha value is -0.680. The van der Waals surface area contributed by atoms with Crippen LogP contribution in [0.15, 0.2) is 21.8 Å². The number of rotatable bonds is 6. The number of fused-ring (bicyclic) bond motifs is 1. The van der Waals surface area contributed by atoms with Crippen molar-refractivity contribution in [2.24, 2.45) is 0 Å². The Labute approximate surface area is 133 Å². The molecule has 0 bridgehead atoms. The fourth-order valence-electron chi connectivity index (χ4n) is 2.49. The molecule has 0 unspecified atom stereocenters. The van der Waals surface area contributed by atoms with Gasteiger partial charge in [0.1, 0.15) is 10.8 Å². The number of hydrogen-bond donors (Lipinski definition) is 0. The lowest BCUT2D eigenvalue weighted by Gasteiger charge is -2.24. The highest BCUT2D eigenvalue weighted by atomic mass is 79.9. The van der Waals surface area contributed by atoms with Gasteiger partial charge < -0.3 is 4.90 Å². The second-order valence-electron chi connectivity index (χ2n) is 4.99. The highest BCUT2D eigenvalue weighted by Crippen LogP contribution is 2.33. The predicted molar refractivity (Wildman–Crippen MR) is 92.2 cm³/mol. The van der Waals surface area contributed by atoms with Crippen molar-refractivity contribution in [2.75, 3.05) is 24.2 Å². The van der Waals surface area contributed by atoms with E-state index in [1.807, 2.05) is 0 Å². The monoisotopic (exact) mass is 355 g/mol. The van der Waals surface area contributed by atoms with E-state index < -0.39 is 0 Å². The molecule has 2 heterocycles. The zero-order valence-electron chi connectivity index (χ0n) is 12.6. The molecule has 0 aliphatic rings. The number of anilines is 1. The Morgan fingerprint density at radius 1 is 1.30 bits per heavy atom. The summed E-state index contributed by atoms with van der Waals surface area (Å²) in [5, 5.41) is 1.11. The molecule has 2 aromatic rings. The van der Waals surface area contributed by atoms with Gasteiger partial charge in [0.25, 0.3) is 0 Å². The first-order chi connectivity index (χ1) is 9.62. The lowest BCUT2D eigenvalue weighted by Crippen LogP contribution is -2.26. The molecule has 110 valence electrons. The molecule has 0 aromatic carbocycles. The molecule has 2 rings (SSSR count). The standard InChI is InChI=1S/C15H22BrN3S/c1-5-7-18(8-6-2)15-14(20-4)17-13-12(16)9-11(3)10-19(13)15/h9-10H,5-8H2,1-4H3. The van der Waals surface area contributed by atoms with Crippen molar-refractivity contribution in [1.82, 2.24) is 9.38 Å². The summed E-state index contributed by atoms with van der Waals surface area (Å²) in [6.07, 6.45) is 6.57. The fraction of sp³-hybridized carbons (Fsp3) is 0.533. The van der Waals surface area contributed by atoms with Crippen LogP contribution in [0.2, 0.25) is 0 Å². The topological polar surface area (TPSA) is 20.5 Å². The van der Waals surface area contributed by atoms with Crippen LogP contribution >= 0.6 is 27.7 Å². The number of aryl methyl sites for hydroxylation is 1. The van der Waals surface area contributed by atoms with Crippen LogP contribution in [0.4, 0.5) is 5.82 Å². The molecule has 0 fully saturated rings. The maximum absolute atomic E-state index is 4.79. The number of pyridine rings is 1. The van der Waals surface area contributed by atoms with Crippen molar-refractivity contribution in [3.63, 3.8) is 0 Å². The van der Waals surface area contributed by atoms with Gasteiger partial charge in [0.2, 0.25) is 0 Å². The smallest absolute Gasteiger partial charge is 0.154 e. The Morgan fingerprint density at radius 3 is 2.50 bits per heavy atom. The number of thioether (sulfide) groups is 1. The minimum absolute atomic E-state index is 1.01. The molecule has 0 amide bonds. The molecule has 0 radical (unpaired) electrons. The van der Waals surface area contributed by atoms with Crippen LogP contribution in [-0.2, 0) is 0 Å². The van der Waals surface area contributed by atoms with Crippen LogP contribution in [0, 0.1) is 6.92 Å². The van der Waals surface area contributed by atoms with E-state index in [0.717, 1.165) is 41.1 Å². The van der Waals surface area contributed by atoms with Gasteiger partial charge in [-0.25, -0.2) is 4.98 Å². The Bertz CT molecular complexity index is 588. The van der Waals surface area contributed by atoms with Gasteiger partial charge in [0, 0.05) is 19.3 Å². The average molecular weight is 356 g/mol. The van der Waals surface area contributed by atoms with Gasteiger partial charge in [0.05, 0.1) is 4.47 Å². The van der Waals surface area contributed by atoms with Crippen molar-refractivity contribution in [3.8, 4) is 0 Å². The summed E-state index contributed by atoms with van der Waals surface area (Å²) < 4.78 is 3.29. The summed E-state index contributed by atoms with van der Waals surface area (Å²) in [6.45, 7) is 8.72. The van der Waals surface area contributed by atoms with Crippen molar-refractivity contribution in [1.29, 1.82) is 0 Å². The number of nitrogens with zero attached hydrogens (tertiary/aromatic N) is 3. The molecule has 0 saturated heterocycles. The summed E-state index contributed by atoms with van der Waals surface area (Å²) in [7, 11) is 0. The summed E-state index contributed by atoms with van der Waals surface area (Å²) >= 11 is 5.36. The van der Waals surface area contributed by atoms with Crippen LogP contribution in [0.25, 0.3) is 5.65 Å². The first-order valence-corrected chi connectivity index (χ1v) is 9.11. The van der Waals surface area contributed by atoms with Gasteiger partial charge in [-0.1, -0.05) is 13.8 Å². The highest BCUT2D eigenvalue weighted by molar-refractivity contribution is 9.10. The Balaban J connectivity index is 2.64. The average Bonchev–Trinajstić information content (AvgIpc) is 2.77. The van der Waals surface area contributed by atoms with Crippen LogP contribution in [0.5, 0.6) is 0 Å². The zero-order valence-corrected chi connectivity index (χ0v) is 15.0. The summed E-state index contributed by atoms with van der Waals surface area (Å²) in [5.74, 6) is 1.24. The molecular formula is C15H22BrN3S. The van der Waals surface area contributed by atoms with E-state index in [0.29, 0.717) is 0 Å². The summed E-state index contributed by atoms with van der Waals surface area (Å²) in [5.41, 5.74) is 2.25. The third-order valence-corrected chi connectivity index (χ3v) is 4.48. The van der Waals surface area contributed by atoms with E-state index in [4.69, 9.17) is 4.98 Å². The molecule has 0 N–H and O–H groups in total. The molecule has 0 atom stereocenters. The lowest BCUT2D eigenvalue weighted by atomic mass is 10.3. The molecule has 5 heteroatoms.